The lowest BCUT2D eigenvalue weighted by Crippen LogP contribution is -2.15. The molecule has 0 N–H and O–H groups in total. The maximum atomic E-state index is 11.3. The second kappa shape index (κ2) is 5.17. The van der Waals surface area contributed by atoms with Crippen LogP contribution in [0.5, 0.6) is 0 Å². The molecule has 2 rings (SSSR count). The minimum absolute atomic E-state index is 0.0772. The topological polar surface area (TPSA) is 43.6 Å². The molecule has 1 heterocycles. The van der Waals surface area contributed by atoms with Crippen LogP contribution < -0.4 is 0 Å². The molecule has 1 aromatic rings. The Bertz CT molecular complexity index is 435. The van der Waals surface area contributed by atoms with Crippen molar-refractivity contribution in [2.75, 3.05) is 13.7 Å². The van der Waals surface area contributed by atoms with Gasteiger partial charge in [-0.25, -0.2) is 0 Å². The fourth-order valence-electron chi connectivity index (χ4n) is 2.32. The van der Waals surface area contributed by atoms with Crippen LogP contribution in [0.1, 0.15) is 29.3 Å². The second-order valence-corrected chi connectivity index (χ2v) is 4.55. The van der Waals surface area contributed by atoms with Crippen LogP contribution in [0.15, 0.2) is 17.4 Å². The molecule has 0 bridgehead atoms. The number of aryl methyl sites for hydroxylation is 1. The third-order valence-corrected chi connectivity index (χ3v) is 3.24. The summed E-state index contributed by atoms with van der Waals surface area (Å²) in [5.74, 6) is 0.644. The van der Waals surface area contributed by atoms with Gasteiger partial charge in [-0.3, -0.25) is 14.4 Å². The van der Waals surface area contributed by atoms with Crippen molar-refractivity contribution in [3.8, 4) is 0 Å². The van der Waals surface area contributed by atoms with E-state index in [4.69, 9.17) is 4.74 Å². The van der Waals surface area contributed by atoms with Crippen molar-refractivity contribution in [2.24, 2.45) is 10.9 Å². The van der Waals surface area contributed by atoms with E-state index >= 15 is 0 Å². The molecule has 1 unspecified atom stereocenters. The average Bonchev–Trinajstić information content (AvgIpc) is 2.72. The van der Waals surface area contributed by atoms with Crippen molar-refractivity contribution in [3.63, 3.8) is 0 Å². The molecule has 4 nitrogen and oxygen atoms in total. The van der Waals surface area contributed by atoms with E-state index in [1.165, 1.54) is 17.5 Å². The van der Waals surface area contributed by atoms with Crippen molar-refractivity contribution < 1.29 is 9.53 Å². The van der Waals surface area contributed by atoms with Gasteiger partial charge in [-0.15, -0.1) is 0 Å². The number of carbonyl (C=O) groups excluding carboxylic acids is 1. The molecule has 0 aliphatic heterocycles. The zero-order valence-electron chi connectivity index (χ0n) is 10.3. The minimum Gasteiger partial charge on any atom is -0.487 e. The highest BCUT2D eigenvalue weighted by Gasteiger charge is 2.20. The van der Waals surface area contributed by atoms with E-state index in [-0.39, 0.29) is 5.91 Å². The normalized spacial score (nSPS) is 19.3. The van der Waals surface area contributed by atoms with Crippen molar-refractivity contribution in [1.29, 1.82) is 0 Å². The molecule has 1 atom stereocenters. The molecule has 0 aromatic carbocycles. The van der Waals surface area contributed by atoms with Crippen molar-refractivity contribution in [1.82, 2.24) is 4.57 Å². The van der Waals surface area contributed by atoms with Gasteiger partial charge in [0, 0.05) is 25.9 Å². The Balaban J connectivity index is 2.03. The van der Waals surface area contributed by atoms with Gasteiger partial charge in [0.1, 0.15) is 0 Å². The Labute approximate surface area is 101 Å². The van der Waals surface area contributed by atoms with Crippen LogP contribution in [0.2, 0.25) is 0 Å². The van der Waals surface area contributed by atoms with Gasteiger partial charge in [0.2, 0.25) is 5.91 Å². The molecule has 0 radical (unpaired) electrons. The summed E-state index contributed by atoms with van der Waals surface area (Å²) in [5.41, 5.74) is 2.61. The van der Waals surface area contributed by atoms with Crippen LogP contribution in [0.4, 0.5) is 0 Å². The number of hydrogen-bond acceptors (Lipinski definition) is 3. The van der Waals surface area contributed by atoms with E-state index in [1.807, 2.05) is 12.4 Å². The molecule has 0 saturated carbocycles. The summed E-state index contributed by atoms with van der Waals surface area (Å²) in [7, 11) is 1.61. The van der Waals surface area contributed by atoms with Crippen molar-refractivity contribution in [2.45, 2.75) is 26.2 Å². The summed E-state index contributed by atoms with van der Waals surface area (Å²) in [6.45, 7) is 2.39. The highest BCUT2D eigenvalue weighted by atomic mass is 16.5. The van der Waals surface area contributed by atoms with Crippen LogP contribution in [-0.2, 0) is 17.6 Å². The standard InChI is InChI=1S/C13H18N2O2/c1-10(16)15-7-12-4-3-11(5-13(12)8-15)6-14-9-17-2/h7-9,11H,3-6H2,1-2H3/b14-9+. The van der Waals surface area contributed by atoms with E-state index in [1.54, 1.807) is 18.6 Å². The predicted octanol–water partition coefficient (Wildman–Crippen LogP) is 1.93. The van der Waals surface area contributed by atoms with E-state index < -0.39 is 0 Å². The van der Waals surface area contributed by atoms with Crippen LogP contribution >= 0.6 is 0 Å². The first kappa shape index (κ1) is 11.9. The Hall–Kier alpha value is -1.58. The monoisotopic (exact) mass is 234 g/mol. The molecule has 0 amide bonds. The molecule has 0 spiro atoms. The fourth-order valence-corrected chi connectivity index (χ4v) is 2.32. The minimum atomic E-state index is 0.0772. The van der Waals surface area contributed by atoms with E-state index in [0.717, 1.165) is 25.8 Å². The fraction of sp³-hybridized carbons (Fsp3) is 0.538. The van der Waals surface area contributed by atoms with E-state index in [2.05, 4.69) is 4.99 Å². The van der Waals surface area contributed by atoms with Crippen molar-refractivity contribution >= 4 is 12.3 Å². The van der Waals surface area contributed by atoms with Gasteiger partial charge in [-0.2, -0.15) is 0 Å². The zero-order valence-corrected chi connectivity index (χ0v) is 10.3. The van der Waals surface area contributed by atoms with Crippen LogP contribution in [-0.4, -0.2) is 30.5 Å². The first-order chi connectivity index (χ1) is 8.20. The first-order valence-corrected chi connectivity index (χ1v) is 5.92. The highest BCUT2D eigenvalue weighted by Crippen LogP contribution is 2.26. The Morgan fingerprint density at radius 3 is 3.06 bits per heavy atom. The Morgan fingerprint density at radius 2 is 2.35 bits per heavy atom. The third kappa shape index (κ3) is 2.75. The van der Waals surface area contributed by atoms with Gasteiger partial charge in [-0.1, -0.05) is 0 Å². The molecule has 17 heavy (non-hydrogen) atoms. The Morgan fingerprint density at radius 1 is 1.59 bits per heavy atom. The SMILES string of the molecule is CO/C=N/CC1CCc2cn(C(C)=O)cc2C1. The zero-order chi connectivity index (χ0) is 12.3. The number of ether oxygens (including phenoxy) is 1. The molecule has 1 aliphatic carbocycles. The molecular weight excluding hydrogens is 216 g/mol. The van der Waals surface area contributed by atoms with Gasteiger partial charge in [0.15, 0.2) is 6.40 Å². The summed E-state index contributed by atoms with van der Waals surface area (Å²) in [5, 5.41) is 0. The maximum absolute atomic E-state index is 11.3. The number of methoxy groups -OCH3 is 1. The lowest BCUT2D eigenvalue weighted by Gasteiger charge is -2.19. The number of rotatable bonds is 3. The molecule has 1 aliphatic rings. The molecule has 92 valence electrons. The predicted molar refractivity (Wildman–Crippen MR) is 66.6 cm³/mol. The van der Waals surface area contributed by atoms with Gasteiger partial charge < -0.3 is 4.74 Å². The van der Waals surface area contributed by atoms with Crippen LogP contribution in [0.25, 0.3) is 0 Å². The summed E-state index contributed by atoms with van der Waals surface area (Å²) < 4.78 is 6.48. The summed E-state index contributed by atoms with van der Waals surface area (Å²) >= 11 is 0. The second-order valence-electron chi connectivity index (χ2n) is 4.55. The van der Waals surface area contributed by atoms with Gasteiger partial charge in [-0.05, 0) is 36.3 Å². The van der Waals surface area contributed by atoms with E-state index in [0.29, 0.717) is 5.92 Å². The third-order valence-electron chi connectivity index (χ3n) is 3.24. The average molecular weight is 234 g/mol. The summed E-state index contributed by atoms with van der Waals surface area (Å²) in [6.07, 6.45) is 8.61. The van der Waals surface area contributed by atoms with Gasteiger partial charge in [0.05, 0.1) is 7.11 Å². The number of aliphatic imine (C=N–C) groups is 1. The lowest BCUT2D eigenvalue weighted by atomic mass is 9.86. The van der Waals surface area contributed by atoms with Gasteiger partial charge in [0.25, 0.3) is 0 Å². The number of fused-ring (bicyclic) bond motifs is 1. The number of carbonyl (C=O) groups is 1. The van der Waals surface area contributed by atoms with Crippen LogP contribution in [0.3, 0.4) is 0 Å². The van der Waals surface area contributed by atoms with E-state index in [9.17, 15) is 4.79 Å². The molecule has 1 aromatic heterocycles. The summed E-state index contributed by atoms with van der Waals surface area (Å²) in [6, 6.07) is 0. The quantitative estimate of drug-likeness (QED) is 0.592. The number of hydrogen-bond donors (Lipinski definition) is 0. The molecule has 0 saturated heterocycles. The summed E-state index contributed by atoms with van der Waals surface area (Å²) in [4.78, 5) is 15.5. The van der Waals surface area contributed by atoms with Crippen molar-refractivity contribution in [3.05, 3.63) is 23.5 Å². The smallest absolute Gasteiger partial charge is 0.227 e. The first-order valence-electron chi connectivity index (χ1n) is 5.92. The Kier molecular flexibility index (Phi) is 3.61. The van der Waals surface area contributed by atoms with Gasteiger partial charge >= 0.3 is 0 Å². The maximum Gasteiger partial charge on any atom is 0.227 e. The highest BCUT2D eigenvalue weighted by molar-refractivity contribution is 5.76. The lowest BCUT2D eigenvalue weighted by molar-refractivity contribution is 0.0936. The number of aromatic nitrogens is 1. The molecular formula is C13H18N2O2. The van der Waals surface area contributed by atoms with Crippen LogP contribution in [0, 0.1) is 5.92 Å². The largest absolute Gasteiger partial charge is 0.487 e. The molecule has 0 fully saturated rings. The number of nitrogens with zero attached hydrogens (tertiary/aromatic N) is 2. The molecule has 4 heteroatoms.